The summed E-state index contributed by atoms with van der Waals surface area (Å²) in [5.74, 6) is -3.37. The highest BCUT2D eigenvalue weighted by molar-refractivity contribution is 6.35. The second-order valence-corrected chi connectivity index (χ2v) is 31.2. The van der Waals surface area contributed by atoms with E-state index in [4.69, 9.17) is 60.6 Å². The predicted molar refractivity (Wildman–Crippen MR) is 448 cm³/mol. The van der Waals surface area contributed by atoms with Crippen LogP contribution < -0.4 is 41.4 Å². The van der Waals surface area contributed by atoms with E-state index in [2.05, 4.69) is 44.9 Å². The first-order valence-electron chi connectivity index (χ1n) is 39.7. The van der Waals surface area contributed by atoms with E-state index in [0.29, 0.717) is 156 Å². The summed E-state index contributed by atoms with van der Waals surface area (Å²) in [7, 11) is 1.56. The number of nitrogens with one attached hydrogen (secondary N) is 6. The third kappa shape index (κ3) is 29.5. The largest absolute Gasteiger partial charge is 0.495 e. The van der Waals surface area contributed by atoms with Gasteiger partial charge in [-0.2, -0.15) is 0 Å². The number of aryl methyl sites for hydroxylation is 5. The molecule has 0 aromatic heterocycles. The van der Waals surface area contributed by atoms with Crippen molar-refractivity contribution in [1.29, 1.82) is 0 Å². The van der Waals surface area contributed by atoms with E-state index in [1.807, 2.05) is 71.0 Å². The summed E-state index contributed by atoms with van der Waals surface area (Å²) in [6.45, 7) is 13.4. The van der Waals surface area contributed by atoms with Crippen LogP contribution in [0.5, 0.6) is 11.5 Å². The molecule has 5 unspecified atom stereocenters. The lowest BCUT2D eigenvalue weighted by Crippen LogP contribution is -2.29. The monoisotopic (exact) mass is 1640 g/mol. The van der Waals surface area contributed by atoms with Crippen molar-refractivity contribution in [2.45, 2.75) is 208 Å². The minimum absolute atomic E-state index is 0.0212. The predicted octanol–water partition coefficient (Wildman–Crippen LogP) is 19.4. The van der Waals surface area contributed by atoms with Gasteiger partial charge in [0.15, 0.2) is 0 Å². The fraction of sp³-hybridized carbons (Fsp3) is 0.461. The van der Waals surface area contributed by atoms with Gasteiger partial charge in [-0.3, -0.25) is 52.7 Å². The second-order valence-electron chi connectivity index (χ2n) is 29.6. The Hall–Kier alpha value is -9.28. The number of ketones is 5. The molecule has 5 aliphatic carbocycles. The number of esters is 1. The number of hydrogen-bond acceptors (Lipinski definition) is 15. The quantitative estimate of drug-likeness (QED) is 0.0121. The van der Waals surface area contributed by atoms with E-state index in [9.17, 15) is 57.5 Å². The van der Waals surface area contributed by atoms with Gasteiger partial charge in [-0.25, -0.2) is 4.79 Å². The number of unbranched alkanes of at least 4 members (excludes halogenated alkanes) is 7. The molecule has 0 bridgehead atoms. The van der Waals surface area contributed by atoms with Gasteiger partial charge in [0.25, 0.3) is 5.91 Å². The Kier molecular flexibility index (Phi) is 38.3. The first-order valence-corrected chi connectivity index (χ1v) is 41.2. The number of rotatable bonds is 27. The van der Waals surface area contributed by atoms with Crippen LogP contribution in [0.4, 0.5) is 28.4 Å². The van der Waals surface area contributed by atoms with Crippen LogP contribution in [-0.2, 0) is 52.7 Å². The summed E-state index contributed by atoms with van der Waals surface area (Å²) in [5, 5.41) is 18.2. The van der Waals surface area contributed by atoms with Gasteiger partial charge in [0, 0.05) is 44.2 Å². The number of Topliss-reactive ketones (excluding diaryl/α,β-unsaturated/α-hetero) is 5. The summed E-state index contributed by atoms with van der Waals surface area (Å²) in [4.78, 5) is 144. The average molecular weight is 1640 g/mol. The van der Waals surface area contributed by atoms with Crippen LogP contribution in [0.1, 0.15) is 222 Å². The Bertz CT molecular complexity index is 4310. The van der Waals surface area contributed by atoms with E-state index < -0.39 is 35.6 Å². The Labute approximate surface area is 689 Å². The Morgan fingerprint density at radius 3 is 1.14 bits per heavy atom. The smallest absolute Gasteiger partial charge is 0.338 e. The van der Waals surface area contributed by atoms with Crippen LogP contribution in [-0.4, -0.2) is 97.2 Å². The molecule has 6 aromatic carbocycles. The van der Waals surface area contributed by atoms with Crippen molar-refractivity contribution >= 4 is 145 Å². The van der Waals surface area contributed by atoms with Crippen molar-refractivity contribution in [3.8, 4) is 11.5 Å². The molecule has 6 aromatic rings. The van der Waals surface area contributed by atoms with Crippen molar-refractivity contribution in [2.24, 2.45) is 29.6 Å². The number of carbonyl (C=O) groups excluding carboxylic acids is 12. The average Bonchev–Trinajstić information content (AvgIpc) is 1.31. The number of benzene rings is 6. The Balaban J connectivity index is 0.000000203. The van der Waals surface area contributed by atoms with Crippen LogP contribution in [0, 0.1) is 64.2 Å². The van der Waals surface area contributed by atoms with Crippen molar-refractivity contribution in [2.75, 3.05) is 53.5 Å². The van der Waals surface area contributed by atoms with Crippen LogP contribution >= 0.6 is 46.4 Å². The van der Waals surface area contributed by atoms with Gasteiger partial charge in [0.1, 0.15) is 40.4 Å². The van der Waals surface area contributed by atoms with Crippen molar-refractivity contribution in [1.82, 2.24) is 5.32 Å². The van der Waals surface area contributed by atoms with Gasteiger partial charge in [-0.1, -0.05) is 147 Å². The van der Waals surface area contributed by atoms with E-state index in [1.165, 1.54) is 49.8 Å². The first-order chi connectivity index (χ1) is 54.6. The first kappa shape index (κ1) is 91.9. The van der Waals surface area contributed by atoms with Crippen molar-refractivity contribution < 1.29 is 71.7 Å². The number of hydrogen-bond donors (Lipinski definition) is 6. The summed E-state index contributed by atoms with van der Waals surface area (Å²) < 4.78 is 16.3. The normalized spacial score (nSPS) is 17.5. The molecule has 0 aliphatic heterocycles. The van der Waals surface area contributed by atoms with E-state index in [-0.39, 0.29) is 64.4 Å². The zero-order valence-corrected chi connectivity index (χ0v) is 69.4. The third-order valence-corrected chi connectivity index (χ3v) is 21.7. The molecule has 5 saturated carbocycles. The molecule has 5 atom stereocenters. The van der Waals surface area contributed by atoms with Crippen LogP contribution in [0.15, 0.2) is 109 Å². The molecule has 0 radical (unpaired) electrons. The molecule has 6 amide bonds. The van der Waals surface area contributed by atoms with Gasteiger partial charge in [-0.05, 0) is 213 Å². The van der Waals surface area contributed by atoms with Gasteiger partial charge in [0.2, 0.25) is 29.5 Å². The summed E-state index contributed by atoms with van der Waals surface area (Å²) in [6.07, 6.45) is 21.4. The number of ether oxygens (including phenoxy) is 3. The highest BCUT2D eigenvalue weighted by Gasteiger charge is 2.35. The molecule has 25 heteroatoms. The SMILES string of the molecule is CCCCCCCCCCOC(=O)c1ccc(Cl)c(NC(=O)C2CCCCCC2=O)c1.COc1ccc(C)cc1NC(=O)C1CCCC1=O.Cc1ccc(Cl)c(NC(=O)C2CCCC2=O)c1.Cc1ccc(Cl)c(NC(=O)C2CCCC2=O)c1.Cc1ccc(OCCCNC(=O)c2ccc(Cl)c(NC(=O)C3CCCC3=O)c2)c(C)c1. The molecule has 5 aliphatic rings. The zero-order chi connectivity index (χ0) is 82.8. The fourth-order valence-corrected chi connectivity index (χ4v) is 14.5. The second kappa shape index (κ2) is 47.5. The van der Waals surface area contributed by atoms with Crippen molar-refractivity contribution in [3.05, 3.63) is 168 Å². The molecule has 6 N–H and O–H groups in total. The maximum Gasteiger partial charge on any atom is 0.338 e. The lowest BCUT2D eigenvalue weighted by molar-refractivity contribution is -0.132. The molecule has 21 nitrogen and oxygen atoms in total. The Morgan fingerprint density at radius 2 is 0.719 bits per heavy atom. The standard InChI is InChI=1S/C25H36ClNO4.C24H27ClN2O4.C14H17NO3.2C13H14ClNO2/c1-2-3-4-5-6-7-8-12-17-31-25(30)19-15-16-21(26)22(18-19)27-24(29)20-13-10-9-11-14-23(20)28;1-15-7-10-22(16(2)13-15)31-12-4-11-26-23(29)17-8-9-19(25)20(14-17)27-24(30)18-5-3-6-21(18)28;1-9-6-7-13(18-2)11(8-9)15-14(17)10-4-3-5-12(10)16;2*1-8-5-6-10(14)11(7-8)15-13(17)9-3-2-4-12(9)16/h15-16,18,20H,2-14,17H2,1H3,(H,27,29);7-10,13-14,18H,3-6,11-12H2,1-2H3,(H,26,29)(H,27,30);6-8,10H,3-5H2,1-2H3,(H,15,17);2*5-7,9H,2-4H2,1H3,(H,15,17). The van der Waals surface area contributed by atoms with Crippen LogP contribution in [0.25, 0.3) is 0 Å². The maximum absolute atomic E-state index is 12.6. The molecular formula is C89H108Cl4N6O15. The van der Waals surface area contributed by atoms with E-state index in [1.54, 1.807) is 61.7 Å². The molecular weight excluding hydrogens is 1530 g/mol. The number of methoxy groups -OCH3 is 1. The van der Waals surface area contributed by atoms with E-state index in [0.717, 1.165) is 92.2 Å². The van der Waals surface area contributed by atoms with Gasteiger partial charge in [-0.15, -0.1) is 0 Å². The third-order valence-electron chi connectivity index (χ3n) is 20.4. The molecule has 114 heavy (non-hydrogen) atoms. The maximum atomic E-state index is 12.6. The highest BCUT2D eigenvalue weighted by Crippen LogP contribution is 2.34. The molecule has 0 spiro atoms. The van der Waals surface area contributed by atoms with Crippen LogP contribution in [0.2, 0.25) is 20.1 Å². The fourth-order valence-electron chi connectivity index (χ4n) is 13.8. The molecule has 612 valence electrons. The number of carbonyl (C=O) groups is 12. The lowest BCUT2D eigenvalue weighted by atomic mass is 9.98. The Morgan fingerprint density at radius 1 is 0.368 bits per heavy atom. The van der Waals surface area contributed by atoms with Gasteiger partial charge in [0.05, 0.1) is 104 Å². The van der Waals surface area contributed by atoms with Gasteiger partial charge >= 0.3 is 5.97 Å². The van der Waals surface area contributed by atoms with E-state index >= 15 is 0 Å². The lowest BCUT2D eigenvalue weighted by Gasteiger charge is -2.15. The summed E-state index contributed by atoms with van der Waals surface area (Å²) in [6, 6.07) is 31.8. The zero-order valence-electron chi connectivity index (χ0n) is 66.4. The van der Waals surface area contributed by atoms with Gasteiger partial charge < -0.3 is 46.1 Å². The molecule has 0 saturated heterocycles. The molecule has 0 heterocycles. The number of anilines is 5. The van der Waals surface area contributed by atoms with Crippen molar-refractivity contribution in [3.63, 3.8) is 0 Å². The highest BCUT2D eigenvalue weighted by atomic mass is 35.5. The van der Waals surface area contributed by atoms with Crippen LogP contribution in [0.3, 0.4) is 0 Å². The number of halogens is 4. The topological polar surface area (TPSA) is 305 Å². The minimum atomic E-state index is -0.642. The molecule has 11 rings (SSSR count). The molecule has 5 fully saturated rings. The summed E-state index contributed by atoms with van der Waals surface area (Å²) >= 11 is 24.3. The minimum Gasteiger partial charge on any atom is -0.495 e. The summed E-state index contributed by atoms with van der Waals surface area (Å²) in [5.41, 5.74) is 8.51. The number of amides is 6.